The summed E-state index contributed by atoms with van der Waals surface area (Å²) in [6.07, 6.45) is 5.25. The normalized spacial score (nSPS) is 14.1. The Bertz CT molecular complexity index is 1900. The molecular formula is C40H50Cl2F6N4O2PRu-. The van der Waals surface area contributed by atoms with Gasteiger partial charge in [-0.1, -0.05) is 41.5 Å². The van der Waals surface area contributed by atoms with Gasteiger partial charge in [-0.3, -0.25) is 0 Å². The van der Waals surface area contributed by atoms with Crippen LogP contribution in [0.25, 0.3) is 0 Å². The topological polar surface area (TPSA) is 48.7 Å². The van der Waals surface area contributed by atoms with Crippen LogP contribution in [0.15, 0.2) is 73.1 Å². The molecule has 0 aliphatic carbocycles. The molecule has 4 aromatic rings. The Morgan fingerprint density at radius 1 is 0.839 bits per heavy atom. The van der Waals surface area contributed by atoms with E-state index in [0.717, 1.165) is 37.4 Å². The number of ether oxygens (including phenoxy) is 1. The molecule has 56 heavy (non-hydrogen) atoms. The number of benzene rings is 3. The van der Waals surface area contributed by atoms with Crippen molar-refractivity contribution in [2.75, 3.05) is 28.2 Å². The Morgan fingerprint density at radius 2 is 1.30 bits per heavy atom. The number of halogens is 8. The first kappa shape index (κ1) is 47.1. The van der Waals surface area contributed by atoms with Gasteiger partial charge in [-0.25, -0.2) is 0 Å². The Morgan fingerprint density at radius 3 is 1.73 bits per heavy atom. The van der Waals surface area contributed by atoms with Gasteiger partial charge in [-0.2, -0.15) is 6.67 Å². The molecule has 1 aliphatic heterocycles. The number of hydrogen-bond acceptors (Lipinski definition) is 4. The van der Waals surface area contributed by atoms with E-state index < -0.39 is 21.3 Å². The first-order chi connectivity index (χ1) is 25.7. The number of amides is 1. The average Bonchev–Trinajstić information content (AvgIpc) is 3.49. The van der Waals surface area contributed by atoms with Gasteiger partial charge in [0.1, 0.15) is 0 Å². The van der Waals surface area contributed by atoms with Crippen molar-refractivity contribution >= 4 is 54.8 Å². The molecule has 3 aromatic carbocycles. The van der Waals surface area contributed by atoms with Crippen LogP contribution in [-0.2, 0) is 24.9 Å². The second-order valence-corrected chi connectivity index (χ2v) is 21.6. The molecule has 1 N–H and O–H groups in total. The Labute approximate surface area is 339 Å². The summed E-state index contributed by atoms with van der Waals surface area (Å²) in [7, 11) is 1.37. The second kappa shape index (κ2) is 19.0. The number of pyridine rings is 1. The van der Waals surface area contributed by atoms with Crippen LogP contribution in [0.3, 0.4) is 0 Å². The van der Waals surface area contributed by atoms with Gasteiger partial charge in [0.2, 0.25) is 0 Å². The fourth-order valence-electron chi connectivity index (χ4n) is 6.47. The monoisotopic (exact) mass is 935 g/mol. The molecule has 6 nitrogen and oxygen atoms in total. The summed E-state index contributed by atoms with van der Waals surface area (Å²) < 4.78 is 68.9. The molecule has 312 valence electrons. The molecule has 16 heteroatoms. The van der Waals surface area contributed by atoms with E-state index in [2.05, 4.69) is 92.2 Å². The van der Waals surface area contributed by atoms with Crippen LogP contribution in [0.5, 0.6) is 5.75 Å². The van der Waals surface area contributed by atoms with Crippen LogP contribution in [0.1, 0.15) is 65.6 Å². The van der Waals surface area contributed by atoms with Gasteiger partial charge < -0.3 is 9.80 Å². The number of rotatable bonds is 10. The standard InChI is InChI=1S/C21H27N2.C19H22N2O2.2ClH.F6P.Ru/c1-14-9-16(3)20(17(4)10-14)22-7-8-23(13-22)21-18(5)11-15(2)12-19(21)6;1-15(2)23-18-10-9-17(14-16(18)3)20-19(22)8-7-13-21-11-5-4-6-12-21;;;1-7(2,3,4,5)6;/h9-13H,7-8H2,1-6H3;3-6,9-12,14-15H,7-8,13H2,1-2H3;2*1H;;/q-1;;;;-1;+2/p-1. The zero-order valence-electron chi connectivity index (χ0n) is 32.7. The van der Waals surface area contributed by atoms with E-state index in [9.17, 15) is 30.0 Å². The molecule has 2 heterocycles. The minimum atomic E-state index is -10.7. The third-order valence-electron chi connectivity index (χ3n) is 8.15. The summed E-state index contributed by atoms with van der Waals surface area (Å²) in [6.45, 7) is 22.3. The third-order valence-corrected chi connectivity index (χ3v) is 9.98. The number of aryl methyl sites for hydroxylation is 7. The molecule has 1 aliphatic rings. The molecule has 0 unspecified atom stereocenters. The van der Waals surface area contributed by atoms with Crippen molar-refractivity contribution in [3.05, 3.63) is 119 Å². The maximum atomic E-state index is 12.2. The van der Waals surface area contributed by atoms with Gasteiger partial charge in [0.25, 0.3) is 0 Å². The average molecular weight is 936 g/mol. The number of carbonyl (C=O) groups is 1. The number of carbonyl (C=O) groups excluding carboxylic acids is 1. The van der Waals surface area contributed by atoms with Crippen LogP contribution in [0.4, 0.5) is 42.2 Å². The van der Waals surface area contributed by atoms with E-state index >= 15 is 0 Å². The molecule has 0 bridgehead atoms. The van der Waals surface area contributed by atoms with Crippen molar-refractivity contribution in [1.82, 2.24) is 0 Å². The molecule has 5 rings (SSSR count). The van der Waals surface area contributed by atoms with Crippen LogP contribution >= 0.6 is 27.2 Å². The van der Waals surface area contributed by atoms with Gasteiger partial charge in [-0.15, -0.1) is 0 Å². The van der Waals surface area contributed by atoms with Crippen molar-refractivity contribution in [1.29, 1.82) is 0 Å². The summed E-state index contributed by atoms with van der Waals surface area (Å²) in [5, 5.41) is 2.93. The van der Waals surface area contributed by atoms with Crippen molar-refractivity contribution in [3.8, 4) is 5.75 Å². The molecule has 0 radical (unpaired) electrons. The van der Waals surface area contributed by atoms with E-state index in [1.165, 1.54) is 44.8 Å². The first-order valence-corrected chi connectivity index (χ1v) is 25.2. The predicted molar refractivity (Wildman–Crippen MR) is 217 cm³/mol. The van der Waals surface area contributed by atoms with Gasteiger partial charge in [-0.05, 0) is 63.8 Å². The van der Waals surface area contributed by atoms with Gasteiger partial charge in [0.05, 0.1) is 0 Å². The molecular weight excluding hydrogens is 885 g/mol. The summed E-state index contributed by atoms with van der Waals surface area (Å²) in [5.41, 5.74) is 12.4. The van der Waals surface area contributed by atoms with E-state index in [0.29, 0.717) is 12.1 Å². The number of anilines is 3. The quantitative estimate of drug-likeness (QED) is 0.0566. The van der Waals surface area contributed by atoms with Crippen molar-refractivity contribution in [2.45, 2.75) is 80.9 Å². The number of aromatic nitrogens is 1. The van der Waals surface area contributed by atoms with Crippen molar-refractivity contribution < 1.29 is 52.8 Å². The zero-order valence-corrected chi connectivity index (χ0v) is 36.8. The Balaban J connectivity index is 0.000000258. The molecule has 1 saturated heterocycles. The number of nitrogens with one attached hydrogen (secondary N) is 1. The molecule has 1 amide bonds. The zero-order chi connectivity index (χ0) is 42.1. The molecule has 0 atom stereocenters. The van der Waals surface area contributed by atoms with E-state index in [1.54, 1.807) is 0 Å². The Hall–Kier alpha value is -3.24. The third kappa shape index (κ3) is 17.5. The molecule has 0 spiro atoms. The molecule has 1 aromatic heterocycles. The summed E-state index contributed by atoms with van der Waals surface area (Å²) >= 11 is -2.00. The fourth-order valence-corrected chi connectivity index (χ4v) is 8.25. The maximum absolute atomic E-state index is 12.2. The van der Waals surface area contributed by atoms with Crippen LogP contribution < -0.4 is 24.4 Å². The number of hydrogen-bond donors (Lipinski definition) is 1. The fraction of sp³-hybridized carbons (Fsp3) is 0.350. The van der Waals surface area contributed by atoms with Crippen LogP contribution in [0, 0.1) is 48.2 Å². The van der Waals surface area contributed by atoms with Gasteiger partial charge >= 0.3 is 195 Å². The van der Waals surface area contributed by atoms with Gasteiger partial charge in [0, 0.05) is 24.5 Å². The van der Waals surface area contributed by atoms with Crippen molar-refractivity contribution in [3.63, 3.8) is 0 Å². The second-order valence-electron chi connectivity index (χ2n) is 13.9. The van der Waals surface area contributed by atoms with Crippen LogP contribution in [0.2, 0.25) is 0 Å². The Kier molecular flexibility index (Phi) is 16.0. The summed E-state index contributed by atoms with van der Waals surface area (Å²) in [6, 6.07) is 20.6. The van der Waals surface area contributed by atoms with Crippen LogP contribution in [-0.4, -0.2) is 29.7 Å². The van der Waals surface area contributed by atoms with E-state index in [4.69, 9.17) is 24.1 Å². The summed E-state index contributed by atoms with van der Waals surface area (Å²) in [4.78, 5) is 17.0. The summed E-state index contributed by atoms with van der Waals surface area (Å²) in [5.74, 6) is 0.703. The van der Waals surface area contributed by atoms with Gasteiger partial charge in [0.15, 0.2) is 0 Å². The SMILES string of the molecule is CC(C)Oc1ccc(NC(=O)CCC[n+]2ccccc2)cc1[CH]=[Ru]([Cl])[Cl].Cc1cc(C)c(N2[CH-]N(c3c(C)cc(C)cc3C)CC2)c(C)c1.F[P-](F)(F)(F)(F)F. The van der Waals surface area contributed by atoms with Crippen molar-refractivity contribution in [2.24, 2.45) is 0 Å². The molecule has 1 fully saturated rings. The first-order valence-electron chi connectivity index (χ1n) is 17.7. The minimum absolute atomic E-state index is 0.0176. The van der Waals surface area contributed by atoms with E-state index in [1.807, 2.05) is 67.2 Å². The molecule has 0 saturated carbocycles. The van der Waals surface area contributed by atoms with E-state index in [-0.39, 0.29) is 12.0 Å². The predicted octanol–water partition coefficient (Wildman–Crippen LogP) is 12.6. The number of nitrogens with zero attached hydrogens (tertiary/aromatic N) is 3.